The first-order chi connectivity index (χ1) is 8.29. The largest absolute Gasteiger partial charge is 0.317 e. The number of nitrogens with one attached hydrogen (secondary N) is 2. The molecule has 4 heteroatoms. The van der Waals surface area contributed by atoms with Crippen molar-refractivity contribution in [3.8, 4) is 6.19 Å². The zero-order valence-electron chi connectivity index (χ0n) is 9.57. The molecule has 1 aliphatic rings. The summed E-state index contributed by atoms with van der Waals surface area (Å²) in [5.74, 6) is -0.187. The van der Waals surface area contributed by atoms with Crippen LogP contribution in [-0.2, 0) is 10.2 Å². The van der Waals surface area contributed by atoms with Gasteiger partial charge in [-0.25, -0.2) is 0 Å². The molecule has 0 aliphatic carbocycles. The van der Waals surface area contributed by atoms with E-state index >= 15 is 0 Å². The van der Waals surface area contributed by atoms with Gasteiger partial charge in [0.15, 0.2) is 6.19 Å². The highest BCUT2D eigenvalue weighted by Gasteiger charge is 2.40. The summed E-state index contributed by atoms with van der Waals surface area (Å²) in [5.41, 5.74) is 0.441. The van der Waals surface area contributed by atoms with Crippen LogP contribution in [0.2, 0.25) is 0 Å². The highest BCUT2D eigenvalue weighted by molar-refractivity contribution is 5.89. The molecule has 88 valence electrons. The molecule has 17 heavy (non-hydrogen) atoms. The van der Waals surface area contributed by atoms with Gasteiger partial charge in [0.05, 0.1) is 5.41 Å². The Morgan fingerprint density at radius 3 is 2.53 bits per heavy atom. The van der Waals surface area contributed by atoms with E-state index in [0.717, 1.165) is 31.5 Å². The van der Waals surface area contributed by atoms with Crippen LogP contribution >= 0.6 is 0 Å². The van der Waals surface area contributed by atoms with Crippen molar-refractivity contribution in [3.05, 3.63) is 35.9 Å². The number of carbonyl (C=O) groups excluding carboxylic acids is 1. The second-order valence-corrected chi connectivity index (χ2v) is 4.26. The third kappa shape index (κ3) is 2.15. The number of hydrogen-bond donors (Lipinski definition) is 2. The third-order valence-electron chi connectivity index (χ3n) is 3.39. The molecule has 4 nitrogen and oxygen atoms in total. The number of benzene rings is 1. The van der Waals surface area contributed by atoms with Crippen molar-refractivity contribution in [1.29, 1.82) is 5.26 Å². The molecule has 1 aromatic carbocycles. The summed E-state index contributed by atoms with van der Waals surface area (Å²) in [7, 11) is 0. The van der Waals surface area contributed by atoms with Gasteiger partial charge in [-0.2, -0.15) is 5.26 Å². The van der Waals surface area contributed by atoms with Crippen molar-refractivity contribution in [1.82, 2.24) is 10.6 Å². The second kappa shape index (κ2) is 4.98. The monoisotopic (exact) mass is 229 g/mol. The lowest BCUT2D eigenvalue weighted by Gasteiger charge is -2.35. The molecule has 0 atom stereocenters. The van der Waals surface area contributed by atoms with E-state index in [4.69, 9.17) is 5.26 Å². The first kappa shape index (κ1) is 11.6. The maximum Gasteiger partial charge on any atom is 0.243 e. The van der Waals surface area contributed by atoms with Crippen molar-refractivity contribution in [2.75, 3.05) is 13.1 Å². The standard InChI is InChI=1S/C13H15N3O/c14-10-16-12(17)13(6-8-15-9-7-13)11-4-2-1-3-5-11/h1-5,15H,6-9H2,(H,16,17). The Kier molecular flexibility index (Phi) is 3.40. The Labute approximate surface area is 101 Å². The first-order valence-corrected chi connectivity index (χ1v) is 5.75. The van der Waals surface area contributed by atoms with E-state index in [-0.39, 0.29) is 5.91 Å². The van der Waals surface area contributed by atoms with Crippen LogP contribution in [0.25, 0.3) is 0 Å². The number of rotatable bonds is 2. The van der Waals surface area contributed by atoms with Crippen molar-refractivity contribution in [3.63, 3.8) is 0 Å². The Bertz CT molecular complexity index is 430. The molecule has 0 spiro atoms. The lowest BCUT2D eigenvalue weighted by atomic mass is 9.72. The highest BCUT2D eigenvalue weighted by Crippen LogP contribution is 2.33. The lowest BCUT2D eigenvalue weighted by Crippen LogP contribution is -2.49. The number of nitrogens with zero attached hydrogens (tertiary/aromatic N) is 1. The molecule has 1 saturated heterocycles. The van der Waals surface area contributed by atoms with E-state index in [2.05, 4.69) is 10.6 Å². The van der Waals surface area contributed by atoms with Crippen molar-refractivity contribution in [2.45, 2.75) is 18.3 Å². The number of carbonyl (C=O) groups is 1. The average molecular weight is 229 g/mol. The summed E-state index contributed by atoms with van der Waals surface area (Å²) in [4.78, 5) is 12.2. The van der Waals surface area contributed by atoms with Crippen LogP contribution in [0.1, 0.15) is 18.4 Å². The number of piperidine rings is 1. The van der Waals surface area contributed by atoms with Gasteiger partial charge in [0.25, 0.3) is 0 Å². The van der Waals surface area contributed by atoms with E-state index in [9.17, 15) is 4.79 Å². The average Bonchev–Trinajstić information content (AvgIpc) is 2.41. The van der Waals surface area contributed by atoms with E-state index in [1.54, 1.807) is 6.19 Å². The van der Waals surface area contributed by atoms with Gasteiger partial charge >= 0.3 is 0 Å². The molecule has 0 aromatic heterocycles. The summed E-state index contributed by atoms with van der Waals surface area (Å²) in [6, 6.07) is 9.71. The molecule has 2 N–H and O–H groups in total. The van der Waals surface area contributed by atoms with Crippen LogP contribution in [0.4, 0.5) is 0 Å². The van der Waals surface area contributed by atoms with Crippen LogP contribution in [0.5, 0.6) is 0 Å². The minimum absolute atomic E-state index is 0.187. The van der Waals surface area contributed by atoms with Gasteiger partial charge in [-0.15, -0.1) is 0 Å². The second-order valence-electron chi connectivity index (χ2n) is 4.26. The molecule has 1 aliphatic heterocycles. The van der Waals surface area contributed by atoms with Crippen molar-refractivity contribution >= 4 is 5.91 Å². The Balaban J connectivity index is 2.37. The fourth-order valence-electron chi connectivity index (χ4n) is 2.43. The fraction of sp³-hybridized carbons (Fsp3) is 0.385. The molecule has 1 aromatic rings. The van der Waals surface area contributed by atoms with Crippen LogP contribution in [0, 0.1) is 11.5 Å². The first-order valence-electron chi connectivity index (χ1n) is 5.75. The summed E-state index contributed by atoms with van der Waals surface area (Å²) in [6.45, 7) is 1.60. The molecule has 1 heterocycles. The highest BCUT2D eigenvalue weighted by atomic mass is 16.2. The SMILES string of the molecule is N#CNC(=O)C1(c2ccccc2)CCNCC1. The normalized spacial score (nSPS) is 18.1. The van der Waals surface area contributed by atoms with E-state index in [1.165, 1.54) is 0 Å². The maximum absolute atomic E-state index is 12.2. The van der Waals surface area contributed by atoms with Gasteiger partial charge in [0, 0.05) is 0 Å². The quantitative estimate of drug-likeness (QED) is 0.585. The van der Waals surface area contributed by atoms with Crippen LogP contribution in [-0.4, -0.2) is 19.0 Å². The number of nitriles is 1. The summed E-state index contributed by atoms with van der Waals surface area (Å²) >= 11 is 0. The van der Waals surface area contributed by atoms with Gasteiger partial charge in [-0.3, -0.25) is 10.1 Å². The minimum atomic E-state index is -0.553. The molecule has 1 fully saturated rings. The van der Waals surface area contributed by atoms with E-state index < -0.39 is 5.41 Å². The molecule has 0 bridgehead atoms. The molecule has 2 rings (SSSR count). The zero-order valence-corrected chi connectivity index (χ0v) is 9.57. The molecular formula is C13H15N3O. The Morgan fingerprint density at radius 1 is 1.29 bits per heavy atom. The Morgan fingerprint density at radius 2 is 1.94 bits per heavy atom. The van der Waals surface area contributed by atoms with Gasteiger partial charge in [-0.05, 0) is 31.5 Å². The van der Waals surface area contributed by atoms with Crippen LogP contribution in [0.15, 0.2) is 30.3 Å². The summed E-state index contributed by atoms with van der Waals surface area (Å²) < 4.78 is 0. The lowest BCUT2D eigenvalue weighted by molar-refractivity contribution is -0.126. The molecule has 0 unspecified atom stereocenters. The van der Waals surface area contributed by atoms with E-state index in [0.29, 0.717) is 0 Å². The number of amides is 1. The number of hydrogen-bond acceptors (Lipinski definition) is 3. The fourth-order valence-corrected chi connectivity index (χ4v) is 2.43. The predicted molar refractivity (Wildman–Crippen MR) is 64.0 cm³/mol. The van der Waals surface area contributed by atoms with Crippen molar-refractivity contribution in [2.24, 2.45) is 0 Å². The molecule has 0 saturated carbocycles. The zero-order chi connectivity index (χ0) is 12.1. The molecular weight excluding hydrogens is 214 g/mol. The van der Waals surface area contributed by atoms with Crippen LogP contribution < -0.4 is 10.6 Å². The van der Waals surface area contributed by atoms with Gasteiger partial charge in [0.1, 0.15) is 0 Å². The topological polar surface area (TPSA) is 64.9 Å². The van der Waals surface area contributed by atoms with Gasteiger partial charge in [-0.1, -0.05) is 30.3 Å². The van der Waals surface area contributed by atoms with Gasteiger partial charge in [0.2, 0.25) is 5.91 Å². The predicted octanol–water partition coefficient (Wildman–Crippen LogP) is 0.905. The summed E-state index contributed by atoms with van der Waals surface area (Å²) in [5, 5.41) is 14.2. The van der Waals surface area contributed by atoms with E-state index in [1.807, 2.05) is 30.3 Å². The van der Waals surface area contributed by atoms with Crippen molar-refractivity contribution < 1.29 is 4.79 Å². The van der Waals surface area contributed by atoms with Gasteiger partial charge < -0.3 is 5.32 Å². The minimum Gasteiger partial charge on any atom is -0.317 e. The maximum atomic E-state index is 12.2. The summed E-state index contributed by atoms with van der Waals surface area (Å²) in [6.07, 6.45) is 3.19. The molecule has 0 radical (unpaired) electrons. The smallest absolute Gasteiger partial charge is 0.243 e. The third-order valence-corrected chi connectivity index (χ3v) is 3.39. The van der Waals surface area contributed by atoms with Crippen LogP contribution in [0.3, 0.4) is 0 Å². The Hall–Kier alpha value is -1.86. The molecule has 1 amide bonds.